The smallest absolute Gasteiger partial charge is 0.118 e. The fourth-order valence-electron chi connectivity index (χ4n) is 1.82. The van der Waals surface area contributed by atoms with Crippen molar-refractivity contribution in [2.45, 2.75) is 25.9 Å². The van der Waals surface area contributed by atoms with Gasteiger partial charge >= 0.3 is 0 Å². The monoisotopic (exact) mass is 255 g/mol. The topological polar surface area (TPSA) is 38.3 Å². The van der Waals surface area contributed by atoms with Crippen molar-refractivity contribution in [3.63, 3.8) is 0 Å². The van der Waals surface area contributed by atoms with Crippen LogP contribution in [0.25, 0.3) is 0 Å². The van der Waals surface area contributed by atoms with E-state index in [9.17, 15) is 4.21 Å². The Balaban J connectivity index is 2.56. The minimum Gasteiger partial charge on any atom is -0.497 e. The minimum absolute atomic E-state index is 0.248. The van der Waals surface area contributed by atoms with Gasteiger partial charge in [0.2, 0.25) is 0 Å². The molecule has 0 aliphatic heterocycles. The standard InChI is InChI=1S/C13H21NO2S/c1-10(9-17(4)15)14-11(2)12-5-7-13(16-3)8-6-12/h5-8,10-11,14H,9H2,1-4H3. The van der Waals surface area contributed by atoms with Crippen LogP contribution in [0.5, 0.6) is 5.75 Å². The molecule has 0 spiro atoms. The van der Waals surface area contributed by atoms with Crippen LogP contribution < -0.4 is 10.1 Å². The molecule has 1 rings (SSSR count). The van der Waals surface area contributed by atoms with Crippen molar-refractivity contribution in [1.29, 1.82) is 0 Å². The summed E-state index contributed by atoms with van der Waals surface area (Å²) in [6, 6.07) is 8.50. The van der Waals surface area contributed by atoms with Crippen molar-refractivity contribution in [2.24, 2.45) is 0 Å². The minimum atomic E-state index is -0.756. The highest BCUT2D eigenvalue weighted by Gasteiger charge is 2.10. The number of hydrogen-bond acceptors (Lipinski definition) is 3. The van der Waals surface area contributed by atoms with Gasteiger partial charge in [0, 0.05) is 34.9 Å². The summed E-state index contributed by atoms with van der Waals surface area (Å²) >= 11 is 0. The van der Waals surface area contributed by atoms with Crippen molar-refractivity contribution in [3.05, 3.63) is 29.8 Å². The second-order valence-electron chi connectivity index (χ2n) is 4.30. The van der Waals surface area contributed by atoms with E-state index in [-0.39, 0.29) is 12.1 Å². The fraction of sp³-hybridized carbons (Fsp3) is 0.538. The number of hydrogen-bond donors (Lipinski definition) is 1. The van der Waals surface area contributed by atoms with Crippen LogP contribution in [0.4, 0.5) is 0 Å². The zero-order valence-corrected chi connectivity index (χ0v) is 11.7. The maximum atomic E-state index is 11.1. The van der Waals surface area contributed by atoms with E-state index in [4.69, 9.17) is 4.74 Å². The number of benzene rings is 1. The molecular weight excluding hydrogens is 234 g/mol. The summed E-state index contributed by atoms with van der Waals surface area (Å²) in [4.78, 5) is 0. The average molecular weight is 255 g/mol. The number of nitrogens with one attached hydrogen (secondary N) is 1. The van der Waals surface area contributed by atoms with Gasteiger partial charge in [-0.3, -0.25) is 4.21 Å². The number of rotatable bonds is 6. The molecule has 0 heterocycles. The molecule has 0 saturated carbocycles. The molecule has 0 aromatic heterocycles. The molecule has 1 aromatic rings. The summed E-state index contributed by atoms with van der Waals surface area (Å²) < 4.78 is 16.2. The zero-order valence-electron chi connectivity index (χ0n) is 10.9. The number of methoxy groups -OCH3 is 1. The quantitative estimate of drug-likeness (QED) is 0.846. The normalized spacial score (nSPS) is 16.2. The molecule has 0 saturated heterocycles. The largest absolute Gasteiger partial charge is 0.497 e. The van der Waals surface area contributed by atoms with Crippen molar-refractivity contribution < 1.29 is 8.95 Å². The zero-order chi connectivity index (χ0) is 12.8. The molecule has 96 valence electrons. The second kappa shape index (κ2) is 6.77. The molecular formula is C13H21NO2S. The Hall–Kier alpha value is -0.870. The molecule has 1 N–H and O–H groups in total. The van der Waals surface area contributed by atoms with E-state index < -0.39 is 10.8 Å². The third kappa shape index (κ3) is 4.88. The van der Waals surface area contributed by atoms with Crippen LogP contribution >= 0.6 is 0 Å². The Labute approximate surface area is 106 Å². The second-order valence-corrected chi connectivity index (χ2v) is 5.78. The van der Waals surface area contributed by atoms with Gasteiger partial charge < -0.3 is 10.1 Å². The summed E-state index contributed by atoms with van der Waals surface area (Å²) in [5.74, 6) is 1.55. The first-order chi connectivity index (χ1) is 8.02. The first-order valence-corrected chi connectivity index (χ1v) is 7.45. The van der Waals surface area contributed by atoms with Gasteiger partial charge in [-0.2, -0.15) is 0 Å². The van der Waals surface area contributed by atoms with Crippen LogP contribution in [0.15, 0.2) is 24.3 Å². The van der Waals surface area contributed by atoms with E-state index >= 15 is 0 Å². The summed E-state index contributed by atoms with van der Waals surface area (Å²) in [7, 11) is 0.906. The molecule has 0 radical (unpaired) electrons. The van der Waals surface area contributed by atoms with Crippen LogP contribution in [0.1, 0.15) is 25.5 Å². The van der Waals surface area contributed by atoms with E-state index in [0.29, 0.717) is 5.75 Å². The molecule has 0 bridgehead atoms. The summed E-state index contributed by atoms with van der Waals surface area (Å²) in [5.41, 5.74) is 1.21. The maximum Gasteiger partial charge on any atom is 0.118 e. The van der Waals surface area contributed by atoms with Crippen molar-refractivity contribution in [1.82, 2.24) is 5.32 Å². The third-order valence-corrected chi connectivity index (χ3v) is 3.60. The molecule has 0 aliphatic rings. The highest BCUT2D eigenvalue weighted by molar-refractivity contribution is 7.84. The lowest BCUT2D eigenvalue weighted by atomic mass is 10.1. The summed E-state index contributed by atoms with van der Waals surface area (Å²) in [6.45, 7) is 4.16. The summed E-state index contributed by atoms with van der Waals surface area (Å²) in [5, 5.41) is 3.43. The van der Waals surface area contributed by atoms with Gasteiger partial charge in [0.25, 0.3) is 0 Å². The third-order valence-electron chi connectivity index (χ3n) is 2.64. The first kappa shape index (κ1) is 14.2. The average Bonchev–Trinajstić information content (AvgIpc) is 2.28. The highest BCUT2D eigenvalue weighted by Crippen LogP contribution is 2.17. The van der Waals surface area contributed by atoms with E-state index in [1.54, 1.807) is 13.4 Å². The van der Waals surface area contributed by atoms with Crippen LogP contribution in [-0.4, -0.2) is 29.4 Å². The van der Waals surface area contributed by atoms with E-state index in [2.05, 4.69) is 19.2 Å². The molecule has 17 heavy (non-hydrogen) atoms. The molecule has 0 amide bonds. The van der Waals surface area contributed by atoms with Crippen LogP contribution in [0.2, 0.25) is 0 Å². The SMILES string of the molecule is COc1ccc(C(C)NC(C)CS(C)=O)cc1. The van der Waals surface area contributed by atoms with Crippen LogP contribution in [-0.2, 0) is 10.8 Å². The van der Waals surface area contributed by atoms with Crippen molar-refractivity contribution >= 4 is 10.8 Å². The van der Waals surface area contributed by atoms with Crippen LogP contribution in [0, 0.1) is 0 Å². The Morgan fingerprint density at radius 3 is 2.35 bits per heavy atom. The predicted octanol–water partition coefficient (Wildman–Crippen LogP) is 2.11. The summed E-state index contributed by atoms with van der Waals surface area (Å²) in [6.07, 6.45) is 1.73. The molecule has 3 nitrogen and oxygen atoms in total. The van der Waals surface area contributed by atoms with E-state index in [1.165, 1.54) is 5.56 Å². The Morgan fingerprint density at radius 2 is 1.88 bits per heavy atom. The first-order valence-electron chi connectivity index (χ1n) is 5.73. The molecule has 3 unspecified atom stereocenters. The fourth-order valence-corrected chi connectivity index (χ4v) is 2.62. The lowest BCUT2D eigenvalue weighted by Gasteiger charge is -2.19. The van der Waals surface area contributed by atoms with Gasteiger partial charge in [0.1, 0.15) is 5.75 Å². The van der Waals surface area contributed by atoms with Gasteiger partial charge in [0.05, 0.1) is 7.11 Å². The Morgan fingerprint density at radius 1 is 1.29 bits per heavy atom. The van der Waals surface area contributed by atoms with Crippen molar-refractivity contribution in [3.8, 4) is 5.75 Å². The van der Waals surface area contributed by atoms with Gasteiger partial charge in [-0.1, -0.05) is 12.1 Å². The van der Waals surface area contributed by atoms with Gasteiger partial charge in [-0.25, -0.2) is 0 Å². The molecule has 4 heteroatoms. The Kier molecular flexibility index (Phi) is 5.65. The van der Waals surface area contributed by atoms with E-state index in [1.807, 2.05) is 24.3 Å². The predicted molar refractivity (Wildman–Crippen MR) is 72.9 cm³/mol. The molecule has 3 atom stereocenters. The van der Waals surface area contributed by atoms with Gasteiger partial charge in [0.15, 0.2) is 0 Å². The lowest BCUT2D eigenvalue weighted by Crippen LogP contribution is -2.33. The van der Waals surface area contributed by atoms with Gasteiger partial charge in [-0.05, 0) is 31.5 Å². The highest BCUT2D eigenvalue weighted by atomic mass is 32.2. The lowest BCUT2D eigenvalue weighted by molar-refractivity contribution is 0.414. The molecule has 0 fully saturated rings. The van der Waals surface area contributed by atoms with Gasteiger partial charge in [-0.15, -0.1) is 0 Å². The van der Waals surface area contributed by atoms with Crippen LogP contribution in [0.3, 0.4) is 0 Å². The maximum absolute atomic E-state index is 11.1. The molecule has 0 aliphatic carbocycles. The Bertz CT molecular complexity index is 364. The van der Waals surface area contributed by atoms with E-state index in [0.717, 1.165) is 5.75 Å². The number of ether oxygens (including phenoxy) is 1. The van der Waals surface area contributed by atoms with Crippen molar-refractivity contribution in [2.75, 3.05) is 19.1 Å². The molecule has 1 aromatic carbocycles.